The van der Waals surface area contributed by atoms with Gasteiger partial charge in [0.15, 0.2) is 0 Å². The van der Waals surface area contributed by atoms with E-state index < -0.39 is 10.0 Å². The van der Waals surface area contributed by atoms with E-state index in [4.69, 9.17) is 9.47 Å². The molecule has 1 aliphatic heterocycles. The number of fused-ring (bicyclic) bond motifs is 1. The molecule has 8 heteroatoms. The second-order valence-electron chi connectivity index (χ2n) is 7.64. The number of carbonyl (C=O) groups is 1. The second kappa shape index (κ2) is 8.55. The monoisotopic (exact) mass is 435 g/mol. The number of thiophene rings is 1. The molecule has 0 spiro atoms. The van der Waals surface area contributed by atoms with Crippen LogP contribution in [-0.2, 0) is 38.9 Å². The Labute approximate surface area is 175 Å². The van der Waals surface area contributed by atoms with Crippen molar-refractivity contribution in [1.29, 1.82) is 0 Å². The smallest absolute Gasteiger partial charge is 0.339 e. The van der Waals surface area contributed by atoms with Gasteiger partial charge in [-0.15, -0.1) is 11.3 Å². The largest absolute Gasteiger partial charge is 0.457 e. The van der Waals surface area contributed by atoms with Crippen LogP contribution in [0.1, 0.15) is 39.7 Å². The predicted octanol–water partition coefficient (Wildman–Crippen LogP) is 3.25. The lowest BCUT2D eigenvalue weighted by molar-refractivity contribution is 0.0471. The van der Waals surface area contributed by atoms with Crippen LogP contribution < -0.4 is 0 Å². The molecule has 1 atom stereocenters. The van der Waals surface area contributed by atoms with Crippen LogP contribution in [0.4, 0.5) is 0 Å². The zero-order chi connectivity index (χ0) is 20.4. The van der Waals surface area contributed by atoms with Crippen molar-refractivity contribution < 1.29 is 22.7 Å². The predicted molar refractivity (Wildman–Crippen MR) is 111 cm³/mol. The first kappa shape index (κ1) is 20.5. The summed E-state index contributed by atoms with van der Waals surface area (Å²) in [6, 6.07) is 6.62. The molecule has 156 valence electrons. The fraction of sp³-hybridized carbons (Fsp3) is 0.476. The molecular weight excluding hydrogens is 410 g/mol. The van der Waals surface area contributed by atoms with Crippen molar-refractivity contribution in [1.82, 2.24) is 4.31 Å². The molecule has 2 aliphatic rings. The fourth-order valence-corrected chi connectivity index (χ4v) is 6.52. The zero-order valence-corrected chi connectivity index (χ0v) is 18.1. The topological polar surface area (TPSA) is 72.9 Å². The van der Waals surface area contributed by atoms with Gasteiger partial charge in [0.25, 0.3) is 0 Å². The first-order valence-corrected chi connectivity index (χ1v) is 12.2. The summed E-state index contributed by atoms with van der Waals surface area (Å²) in [6.07, 6.45) is 3.03. The highest BCUT2D eigenvalue weighted by atomic mass is 32.2. The van der Waals surface area contributed by atoms with Crippen molar-refractivity contribution in [2.24, 2.45) is 5.92 Å². The molecule has 4 rings (SSSR count). The molecule has 29 heavy (non-hydrogen) atoms. The summed E-state index contributed by atoms with van der Waals surface area (Å²) in [6.45, 7) is 3.79. The SMILES string of the molecule is CC1CCc2c(C(=O)OCc3cccc(S(=O)(=O)N4CCOCC4)c3)csc2C1. The molecule has 0 saturated carbocycles. The lowest BCUT2D eigenvalue weighted by atomic mass is 9.88. The summed E-state index contributed by atoms with van der Waals surface area (Å²) >= 11 is 1.63. The van der Waals surface area contributed by atoms with Crippen molar-refractivity contribution >= 4 is 27.3 Å². The van der Waals surface area contributed by atoms with Gasteiger partial charge < -0.3 is 9.47 Å². The second-order valence-corrected chi connectivity index (χ2v) is 10.5. The number of rotatable bonds is 5. The van der Waals surface area contributed by atoms with Gasteiger partial charge in [-0.2, -0.15) is 4.31 Å². The van der Waals surface area contributed by atoms with Crippen LogP contribution in [0.15, 0.2) is 34.5 Å². The lowest BCUT2D eigenvalue weighted by Gasteiger charge is -2.26. The van der Waals surface area contributed by atoms with E-state index in [1.807, 2.05) is 5.38 Å². The van der Waals surface area contributed by atoms with Gasteiger partial charge in [-0.05, 0) is 48.4 Å². The van der Waals surface area contributed by atoms with Crippen LogP contribution >= 0.6 is 11.3 Å². The minimum Gasteiger partial charge on any atom is -0.457 e. The van der Waals surface area contributed by atoms with Gasteiger partial charge in [0.2, 0.25) is 10.0 Å². The van der Waals surface area contributed by atoms with E-state index in [1.165, 1.54) is 9.18 Å². The Morgan fingerprint density at radius 1 is 1.31 bits per heavy atom. The third kappa shape index (κ3) is 4.40. The molecule has 0 radical (unpaired) electrons. The van der Waals surface area contributed by atoms with E-state index in [-0.39, 0.29) is 17.5 Å². The maximum Gasteiger partial charge on any atom is 0.339 e. The molecule has 1 aromatic carbocycles. The lowest BCUT2D eigenvalue weighted by Crippen LogP contribution is -2.40. The third-order valence-corrected chi connectivity index (χ3v) is 8.44. The van der Waals surface area contributed by atoms with Crippen LogP contribution in [0, 0.1) is 5.92 Å². The molecule has 1 aliphatic carbocycles. The number of hydrogen-bond donors (Lipinski definition) is 0. The molecule has 1 saturated heterocycles. The van der Waals surface area contributed by atoms with Crippen LogP contribution in [0.3, 0.4) is 0 Å². The normalized spacial score (nSPS) is 20.2. The van der Waals surface area contributed by atoms with Gasteiger partial charge in [-0.25, -0.2) is 13.2 Å². The van der Waals surface area contributed by atoms with Crippen LogP contribution in [0.2, 0.25) is 0 Å². The Balaban J connectivity index is 1.44. The fourth-order valence-electron chi connectivity index (χ4n) is 3.81. The van der Waals surface area contributed by atoms with Gasteiger partial charge in [0.1, 0.15) is 6.61 Å². The first-order valence-electron chi connectivity index (χ1n) is 9.88. The maximum absolute atomic E-state index is 12.8. The number of hydrogen-bond acceptors (Lipinski definition) is 6. The molecule has 2 aromatic rings. The molecule has 6 nitrogen and oxygen atoms in total. The molecular formula is C21H25NO5S2. The van der Waals surface area contributed by atoms with Crippen LogP contribution in [-0.4, -0.2) is 45.0 Å². The summed E-state index contributed by atoms with van der Waals surface area (Å²) in [5.74, 6) is 0.319. The maximum atomic E-state index is 12.8. The van der Waals surface area contributed by atoms with Gasteiger partial charge >= 0.3 is 5.97 Å². The summed E-state index contributed by atoms with van der Waals surface area (Å²) in [5.41, 5.74) is 2.45. The van der Waals surface area contributed by atoms with E-state index >= 15 is 0 Å². The van der Waals surface area contributed by atoms with Gasteiger partial charge in [-0.1, -0.05) is 19.1 Å². The Morgan fingerprint density at radius 3 is 2.90 bits per heavy atom. The summed E-state index contributed by atoms with van der Waals surface area (Å²) < 4.78 is 37.8. The number of esters is 1. The Kier molecular flexibility index (Phi) is 6.06. The van der Waals surface area contributed by atoms with Crippen molar-refractivity contribution in [3.8, 4) is 0 Å². The molecule has 0 bridgehead atoms. The number of ether oxygens (including phenoxy) is 2. The molecule has 1 aromatic heterocycles. The van der Waals surface area contributed by atoms with Crippen LogP contribution in [0.25, 0.3) is 0 Å². The Hall–Kier alpha value is -1.74. The summed E-state index contributed by atoms with van der Waals surface area (Å²) in [7, 11) is -3.57. The summed E-state index contributed by atoms with van der Waals surface area (Å²) in [4.78, 5) is 14.1. The minimum atomic E-state index is -3.57. The van der Waals surface area contributed by atoms with Gasteiger partial charge in [0, 0.05) is 23.3 Å². The van der Waals surface area contributed by atoms with Crippen molar-refractivity contribution in [2.45, 2.75) is 37.7 Å². The van der Waals surface area contributed by atoms with E-state index in [9.17, 15) is 13.2 Å². The zero-order valence-electron chi connectivity index (χ0n) is 16.4. The summed E-state index contributed by atoms with van der Waals surface area (Å²) in [5, 5.41) is 1.89. The van der Waals surface area contributed by atoms with E-state index in [0.717, 1.165) is 24.8 Å². The highest BCUT2D eigenvalue weighted by Gasteiger charge is 2.27. The highest BCUT2D eigenvalue weighted by Crippen LogP contribution is 2.33. The Bertz CT molecular complexity index is 992. The van der Waals surface area contributed by atoms with E-state index in [2.05, 4.69) is 6.92 Å². The van der Waals surface area contributed by atoms with Crippen molar-refractivity contribution in [2.75, 3.05) is 26.3 Å². The quantitative estimate of drug-likeness (QED) is 0.674. The number of benzene rings is 1. The van der Waals surface area contributed by atoms with E-state index in [0.29, 0.717) is 43.3 Å². The standard InChI is InChI=1S/C21H25NO5S2/c1-15-5-6-18-19(14-28-20(18)11-15)21(23)27-13-16-3-2-4-17(12-16)29(24,25)22-7-9-26-10-8-22/h2-4,12,14-15H,5-11,13H2,1H3. The van der Waals surface area contributed by atoms with E-state index in [1.54, 1.807) is 35.6 Å². The third-order valence-electron chi connectivity index (χ3n) is 5.50. The molecule has 0 N–H and O–H groups in total. The number of morpholine rings is 1. The Morgan fingerprint density at radius 2 is 2.10 bits per heavy atom. The number of sulfonamides is 1. The highest BCUT2D eigenvalue weighted by molar-refractivity contribution is 7.89. The van der Waals surface area contributed by atoms with Crippen molar-refractivity contribution in [3.05, 3.63) is 51.2 Å². The van der Waals surface area contributed by atoms with Gasteiger partial charge in [-0.3, -0.25) is 0 Å². The van der Waals surface area contributed by atoms with Crippen LogP contribution in [0.5, 0.6) is 0 Å². The molecule has 0 amide bonds. The average molecular weight is 436 g/mol. The number of carbonyl (C=O) groups excluding carboxylic acids is 1. The molecule has 2 heterocycles. The van der Waals surface area contributed by atoms with Crippen molar-refractivity contribution in [3.63, 3.8) is 0 Å². The first-order chi connectivity index (χ1) is 13.9. The van der Waals surface area contributed by atoms with Gasteiger partial charge in [0.05, 0.1) is 23.7 Å². The molecule has 1 fully saturated rings. The number of nitrogens with zero attached hydrogens (tertiary/aromatic N) is 1. The average Bonchev–Trinajstić information content (AvgIpc) is 3.16. The molecule has 1 unspecified atom stereocenters. The minimum absolute atomic E-state index is 0.0479.